The minimum atomic E-state index is -0.475. The first kappa shape index (κ1) is 11.0. The molecule has 1 rings (SSSR count). The maximum absolute atomic E-state index is 6.08. The largest absolute Gasteiger partial charge is 0.189 e. The maximum Gasteiger partial charge on any atom is 0.151 e. The van der Waals surface area contributed by atoms with Crippen molar-refractivity contribution in [3.05, 3.63) is 0 Å². The first-order valence-corrected chi connectivity index (χ1v) is 5.63. The van der Waals surface area contributed by atoms with Crippen LogP contribution in [-0.4, -0.2) is 11.0 Å². The van der Waals surface area contributed by atoms with Crippen LogP contribution in [-0.2, 0) is 0 Å². The van der Waals surface area contributed by atoms with E-state index in [1.54, 1.807) is 0 Å². The van der Waals surface area contributed by atoms with Crippen LogP contribution in [0.5, 0.6) is 0 Å². The first-order chi connectivity index (χ1) is 6.14. The van der Waals surface area contributed by atoms with Gasteiger partial charge < -0.3 is 0 Å². The Hall–Kier alpha value is -0.110. The normalized spacial score (nSPS) is 24.8. The van der Waals surface area contributed by atoms with Gasteiger partial charge in [0.2, 0.25) is 0 Å². The number of azo groups is 1. The summed E-state index contributed by atoms with van der Waals surface area (Å²) in [7, 11) is 0. The number of halogens is 1. The monoisotopic (exact) mass is 202 g/mol. The minimum absolute atomic E-state index is 0.443. The van der Waals surface area contributed by atoms with Crippen molar-refractivity contribution in [2.75, 3.05) is 0 Å². The fourth-order valence-corrected chi connectivity index (χ4v) is 1.51. The molecule has 1 aliphatic rings. The van der Waals surface area contributed by atoms with Crippen molar-refractivity contribution < 1.29 is 0 Å². The molecular formula is C10H19ClN2. The van der Waals surface area contributed by atoms with Crippen molar-refractivity contribution in [3.8, 4) is 0 Å². The molecular weight excluding hydrogens is 184 g/mol. The molecule has 0 spiro atoms. The first-order valence-electron chi connectivity index (χ1n) is 5.25. The van der Waals surface area contributed by atoms with E-state index < -0.39 is 5.00 Å². The highest BCUT2D eigenvalue weighted by molar-refractivity contribution is 6.23. The summed E-state index contributed by atoms with van der Waals surface area (Å²) in [6.07, 6.45) is 7.19. The van der Waals surface area contributed by atoms with Gasteiger partial charge in [0, 0.05) is 0 Å². The third kappa shape index (κ3) is 4.08. The molecule has 0 saturated heterocycles. The average molecular weight is 203 g/mol. The quantitative estimate of drug-likeness (QED) is 0.374. The molecule has 0 aliphatic heterocycles. The predicted octanol–water partition coefficient (Wildman–Crippen LogP) is 4.14. The van der Waals surface area contributed by atoms with Crippen LogP contribution in [0, 0.1) is 0 Å². The zero-order chi connectivity index (χ0) is 9.73. The molecule has 0 amide bonds. The fourth-order valence-electron chi connectivity index (χ4n) is 1.47. The van der Waals surface area contributed by atoms with Gasteiger partial charge in [-0.2, -0.15) is 10.2 Å². The van der Waals surface area contributed by atoms with E-state index in [4.69, 9.17) is 11.6 Å². The number of hydrogen-bond acceptors (Lipinski definition) is 2. The van der Waals surface area contributed by atoms with E-state index in [2.05, 4.69) is 10.2 Å². The molecule has 0 aromatic rings. The van der Waals surface area contributed by atoms with E-state index in [1.165, 1.54) is 32.1 Å². The molecule has 13 heavy (non-hydrogen) atoms. The van der Waals surface area contributed by atoms with Gasteiger partial charge in [-0.3, -0.25) is 0 Å². The molecule has 1 fully saturated rings. The van der Waals surface area contributed by atoms with Gasteiger partial charge in [-0.05, 0) is 26.2 Å². The molecule has 0 radical (unpaired) electrons. The minimum Gasteiger partial charge on any atom is -0.189 e. The summed E-state index contributed by atoms with van der Waals surface area (Å²) in [6, 6.07) is 0.443. The van der Waals surface area contributed by atoms with Crippen LogP contribution in [0.1, 0.15) is 52.4 Å². The Morgan fingerprint density at radius 2 is 1.92 bits per heavy atom. The van der Waals surface area contributed by atoms with E-state index in [1.807, 2.05) is 13.8 Å². The van der Waals surface area contributed by atoms with Crippen LogP contribution >= 0.6 is 11.6 Å². The Labute approximate surface area is 85.8 Å². The lowest BCUT2D eigenvalue weighted by Crippen LogP contribution is -2.13. The number of alkyl halides is 1. The van der Waals surface area contributed by atoms with Gasteiger partial charge in [0.05, 0.1) is 6.04 Å². The van der Waals surface area contributed by atoms with Crippen LogP contribution < -0.4 is 0 Å². The zero-order valence-electron chi connectivity index (χ0n) is 8.59. The molecule has 2 nitrogen and oxygen atoms in total. The Morgan fingerprint density at radius 3 is 2.46 bits per heavy atom. The van der Waals surface area contributed by atoms with Gasteiger partial charge in [0.25, 0.3) is 0 Å². The summed E-state index contributed by atoms with van der Waals surface area (Å²) < 4.78 is 0. The Morgan fingerprint density at radius 1 is 1.31 bits per heavy atom. The summed E-state index contributed by atoms with van der Waals surface area (Å²) in [5.41, 5.74) is 0. The molecule has 0 heterocycles. The molecule has 1 atom stereocenters. The Balaban J connectivity index is 2.37. The number of nitrogens with zero attached hydrogens (tertiary/aromatic N) is 2. The van der Waals surface area contributed by atoms with Crippen LogP contribution in [0.2, 0.25) is 0 Å². The highest BCUT2D eigenvalue weighted by Gasteiger charge is 2.18. The number of rotatable bonds is 3. The Bertz CT molecular complexity index is 172. The topological polar surface area (TPSA) is 24.7 Å². The smallest absolute Gasteiger partial charge is 0.151 e. The Kier molecular flexibility index (Phi) is 4.17. The SMILES string of the molecule is CCC(C)(Cl)N=NC1CCCCC1. The summed E-state index contributed by atoms with van der Waals surface area (Å²) in [5, 5.41) is 8.51. The van der Waals surface area contributed by atoms with Crippen LogP contribution in [0.4, 0.5) is 0 Å². The van der Waals surface area contributed by atoms with E-state index >= 15 is 0 Å². The molecule has 3 heteroatoms. The van der Waals surface area contributed by atoms with Crippen molar-refractivity contribution >= 4 is 11.6 Å². The van der Waals surface area contributed by atoms with E-state index in [9.17, 15) is 0 Å². The van der Waals surface area contributed by atoms with Crippen LogP contribution in [0.25, 0.3) is 0 Å². The molecule has 0 N–H and O–H groups in total. The highest BCUT2D eigenvalue weighted by Crippen LogP contribution is 2.25. The second-order valence-corrected chi connectivity index (χ2v) is 4.82. The van der Waals surface area contributed by atoms with Gasteiger partial charge >= 0.3 is 0 Å². The highest BCUT2D eigenvalue weighted by atomic mass is 35.5. The van der Waals surface area contributed by atoms with Gasteiger partial charge in [0.1, 0.15) is 0 Å². The maximum atomic E-state index is 6.08. The fraction of sp³-hybridized carbons (Fsp3) is 1.00. The molecule has 0 aromatic heterocycles. The molecule has 76 valence electrons. The summed E-state index contributed by atoms with van der Waals surface area (Å²) >= 11 is 6.08. The molecule has 0 bridgehead atoms. The van der Waals surface area contributed by atoms with Gasteiger partial charge in [0.15, 0.2) is 5.00 Å². The van der Waals surface area contributed by atoms with Gasteiger partial charge in [-0.15, -0.1) is 0 Å². The molecule has 1 saturated carbocycles. The zero-order valence-corrected chi connectivity index (χ0v) is 9.35. The van der Waals surface area contributed by atoms with Crippen molar-refractivity contribution in [1.82, 2.24) is 0 Å². The van der Waals surface area contributed by atoms with E-state index in [-0.39, 0.29) is 0 Å². The van der Waals surface area contributed by atoms with Gasteiger partial charge in [-0.1, -0.05) is 37.8 Å². The molecule has 1 unspecified atom stereocenters. The van der Waals surface area contributed by atoms with Crippen LogP contribution in [0.15, 0.2) is 10.2 Å². The predicted molar refractivity (Wildman–Crippen MR) is 56.3 cm³/mol. The third-order valence-electron chi connectivity index (χ3n) is 2.65. The molecule has 0 aromatic carbocycles. The summed E-state index contributed by atoms with van der Waals surface area (Å²) in [6.45, 7) is 3.95. The summed E-state index contributed by atoms with van der Waals surface area (Å²) in [5.74, 6) is 0. The van der Waals surface area contributed by atoms with Crippen LogP contribution in [0.3, 0.4) is 0 Å². The average Bonchev–Trinajstić information content (AvgIpc) is 2.17. The lowest BCUT2D eigenvalue weighted by atomic mass is 9.96. The second kappa shape index (κ2) is 4.94. The van der Waals surface area contributed by atoms with E-state index in [0.717, 1.165) is 6.42 Å². The lowest BCUT2D eigenvalue weighted by molar-refractivity contribution is 0.417. The molecule has 1 aliphatic carbocycles. The summed E-state index contributed by atoms with van der Waals surface area (Å²) in [4.78, 5) is -0.475. The number of hydrogen-bond donors (Lipinski definition) is 0. The standard InChI is InChI=1S/C10H19ClN2/c1-3-10(2,11)13-12-9-7-5-4-6-8-9/h9H,3-8H2,1-2H3. The van der Waals surface area contributed by atoms with E-state index in [0.29, 0.717) is 6.04 Å². The van der Waals surface area contributed by atoms with Crippen molar-refractivity contribution in [2.45, 2.75) is 63.4 Å². The van der Waals surface area contributed by atoms with Gasteiger partial charge in [-0.25, -0.2) is 0 Å². The van der Waals surface area contributed by atoms with Crippen molar-refractivity contribution in [1.29, 1.82) is 0 Å². The van der Waals surface area contributed by atoms with Crippen molar-refractivity contribution in [2.24, 2.45) is 10.2 Å². The van der Waals surface area contributed by atoms with Crippen molar-refractivity contribution in [3.63, 3.8) is 0 Å². The third-order valence-corrected chi connectivity index (χ3v) is 2.99. The lowest BCUT2D eigenvalue weighted by Gasteiger charge is -2.18. The second-order valence-electron chi connectivity index (χ2n) is 4.00.